The third-order valence-electron chi connectivity index (χ3n) is 0.961. The average molecular weight is 208 g/mol. The summed E-state index contributed by atoms with van der Waals surface area (Å²) in [6.45, 7) is 3.91. The normalized spacial score (nSPS) is 7.40. The van der Waals surface area contributed by atoms with Crippen LogP contribution in [0.4, 0.5) is 0 Å². The molecule has 0 radical (unpaired) electrons. The summed E-state index contributed by atoms with van der Waals surface area (Å²) in [5.74, 6) is 0. The van der Waals surface area contributed by atoms with E-state index in [9.17, 15) is 0 Å². The summed E-state index contributed by atoms with van der Waals surface area (Å²) in [7, 11) is 0. The first-order chi connectivity index (χ1) is 3.79. The number of aromatic nitrogens is 1. The molecule has 0 saturated heterocycles. The number of nitrogens with zero attached hydrogens (tertiary/aromatic N) is 1. The van der Waals surface area contributed by atoms with E-state index in [1.807, 2.05) is 26.0 Å². The van der Waals surface area contributed by atoms with Gasteiger partial charge in [-0.2, -0.15) is 6.07 Å². The molecule has 0 aliphatic carbocycles. The summed E-state index contributed by atoms with van der Waals surface area (Å²) in [6.07, 6.45) is 0. The largest absolute Gasteiger partial charge is 0.298 e. The predicted octanol–water partition coefficient (Wildman–Crippen LogP) is 1.92. The zero-order valence-corrected chi connectivity index (χ0v) is 10.0. The maximum Gasteiger partial charge on any atom is 0 e. The van der Waals surface area contributed by atoms with E-state index in [0.29, 0.717) is 0 Å². The molecule has 52 valence electrons. The van der Waals surface area contributed by atoms with Crippen molar-refractivity contribution < 1.29 is 19.5 Å². The number of hydrogen-bond acceptors (Lipinski definition) is 1. The summed E-state index contributed by atoms with van der Waals surface area (Å²) in [5.41, 5.74) is 2.02. The number of halogens is 1. The van der Waals surface area contributed by atoms with Crippen LogP contribution in [0.2, 0.25) is 0 Å². The summed E-state index contributed by atoms with van der Waals surface area (Å²) in [4.78, 5) is 4.12. The van der Waals surface area contributed by atoms with Gasteiger partial charge in [0.25, 0.3) is 0 Å². The molecule has 0 N–H and O–H groups in total. The van der Waals surface area contributed by atoms with Gasteiger partial charge in [-0.25, -0.2) is 12.1 Å². The minimum absolute atomic E-state index is 0. The Balaban J connectivity index is 0. The van der Waals surface area contributed by atoms with Crippen LogP contribution >= 0.6 is 12.4 Å². The van der Waals surface area contributed by atoms with E-state index < -0.39 is 0 Å². The van der Waals surface area contributed by atoms with Crippen LogP contribution in [0.15, 0.2) is 12.1 Å². The summed E-state index contributed by atoms with van der Waals surface area (Å²) < 4.78 is 0. The number of pyridine rings is 1. The van der Waals surface area contributed by atoms with Crippen LogP contribution in [0.5, 0.6) is 0 Å². The standard InChI is InChI=1S/C7H8N.ClH.Zn/c1-6-4-3-5-7(2)8-6;;/h3-4H,1-2H3;1H;/q-1;;. The van der Waals surface area contributed by atoms with E-state index in [1.165, 1.54) is 0 Å². The molecule has 0 fully saturated rings. The third kappa shape index (κ3) is 3.97. The Hall–Kier alpha value is 0.0634. The second-order valence-corrected chi connectivity index (χ2v) is 1.82. The van der Waals surface area contributed by atoms with Crippen LogP contribution in [0.3, 0.4) is 0 Å². The molecule has 1 heterocycles. The van der Waals surface area contributed by atoms with E-state index in [4.69, 9.17) is 0 Å². The van der Waals surface area contributed by atoms with Crippen molar-refractivity contribution in [3.63, 3.8) is 0 Å². The maximum absolute atomic E-state index is 4.12. The first kappa shape index (κ1) is 12.7. The molecule has 0 spiro atoms. The molecule has 0 aromatic carbocycles. The number of rotatable bonds is 0. The molecule has 1 aromatic heterocycles. The molecule has 0 saturated carbocycles. The molecule has 1 nitrogen and oxygen atoms in total. The van der Waals surface area contributed by atoms with Gasteiger partial charge in [0, 0.05) is 19.5 Å². The van der Waals surface area contributed by atoms with Crippen molar-refractivity contribution in [2.75, 3.05) is 0 Å². The Morgan fingerprint density at radius 3 is 2.30 bits per heavy atom. The van der Waals surface area contributed by atoms with Crippen molar-refractivity contribution in [1.29, 1.82) is 0 Å². The summed E-state index contributed by atoms with van der Waals surface area (Å²) in [5, 5.41) is 0. The zero-order valence-electron chi connectivity index (χ0n) is 6.22. The fraction of sp³-hybridized carbons (Fsp3) is 0.286. The Labute approximate surface area is 80.4 Å². The van der Waals surface area contributed by atoms with Crippen molar-refractivity contribution in [2.45, 2.75) is 13.8 Å². The van der Waals surface area contributed by atoms with E-state index in [0.717, 1.165) is 11.4 Å². The Morgan fingerprint density at radius 2 is 2.00 bits per heavy atom. The van der Waals surface area contributed by atoms with Gasteiger partial charge in [0.15, 0.2) is 0 Å². The van der Waals surface area contributed by atoms with Crippen molar-refractivity contribution >= 4 is 12.4 Å². The van der Waals surface area contributed by atoms with E-state index in [1.54, 1.807) is 0 Å². The van der Waals surface area contributed by atoms with Gasteiger partial charge in [-0.3, -0.25) is 4.98 Å². The van der Waals surface area contributed by atoms with Gasteiger partial charge in [-0.05, 0) is 19.5 Å². The Bertz CT molecular complexity index is 173. The van der Waals surface area contributed by atoms with Crippen molar-refractivity contribution in [2.24, 2.45) is 0 Å². The third-order valence-corrected chi connectivity index (χ3v) is 0.961. The molecule has 10 heavy (non-hydrogen) atoms. The smallest absolute Gasteiger partial charge is 0 e. The van der Waals surface area contributed by atoms with Gasteiger partial charge < -0.3 is 0 Å². The van der Waals surface area contributed by atoms with Crippen LogP contribution in [0, 0.1) is 19.9 Å². The summed E-state index contributed by atoms with van der Waals surface area (Å²) >= 11 is 0. The molecular formula is C7H9ClNZn-. The molecule has 0 atom stereocenters. The first-order valence-electron chi connectivity index (χ1n) is 2.61. The van der Waals surface area contributed by atoms with Gasteiger partial charge in [-0.15, -0.1) is 12.4 Å². The van der Waals surface area contributed by atoms with Crippen molar-refractivity contribution in [3.05, 3.63) is 29.6 Å². The average Bonchev–Trinajstić information content (AvgIpc) is 1.64. The summed E-state index contributed by atoms with van der Waals surface area (Å²) in [6, 6.07) is 6.79. The molecule has 1 aromatic rings. The molecule has 0 aliphatic rings. The van der Waals surface area contributed by atoms with Crippen LogP contribution in [-0.4, -0.2) is 4.98 Å². The maximum atomic E-state index is 4.12. The van der Waals surface area contributed by atoms with Crippen LogP contribution < -0.4 is 0 Å². The molecular weight excluding hydrogens is 199 g/mol. The monoisotopic (exact) mass is 206 g/mol. The van der Waals surface area contributed by atoms with Gasteiger partial charge in [-0.1, -0.05) is 5.69 Å². The minimum Gasteiger partial charge on any atom is -0.298 e. The second kappa shape index (κ2) is 5.82. The fourth-order valence-corrected chi connectivity index (χ4v) is 0.617. The second-order valence-electron chi connectivity index (χ2n) is 1.82. The molecule has 0 aliphatic heterocycles. The predicted molar refractivity (Wildman–Crippen MR) is 39.8 cm³/mol. The zero-order chi connectivity index (χ0) is 5.98. The quantitative estimate of drug-likeness (QED) is 0.468. The minimum atomic E-state index is 0. The van der Waals surface area contributed by atoms with E-state index >= 15 is 0 Å². The Kier molecular flexibility index (Phi) is 7.40. The van der Waals surface area contributed by atoms with Crippen LogP contribution in [-0.2, 0) is 19.5 Å². The molecule has 3 heteroatoms. The first-order valence-corrected chi connectivity index (χ1v) is 2.61. The van der Waals surface area contributed by atoms with Gasteiger partial charge in [0.05, 0.1) is 0 Å². The Morgan fingerprint density at radius 1 is 1.40 bits per heavy atom. The van der Waals surface area contributed by atoms with Crippen molar-refractivity contribution in [3.8, 4) is 0 Å². The van der Waals surface area contributed by atoms with Crippen molar-refractivity contribution in [1.82, 2.24) is 4.98 Å². The topological polar surface area (TPSA) is 12.9 Å². The van der Waals surface area contributed by atoms with Gasteiger partial charge >= 0.3 is 0 Å². The molecule has 0 unspecified atom stereocenters. The van der Waals surface area contributed by atoms with Gasteiger partial charge in [0.1, 0.15) is 0 Å². The van der Waals surface area contributed by atoms with Crippen LogP contribution in [0.25, 0.3) is 0 Å². The van der Waals surface area contributed by atoms with Gasteiger partial charge in [0.2, 0.25) is 0 Å². The number of hydrogen-bond donors (Lipinski definition) is 0. The van der Waals surface area contributed by atoms with E-state index in [2.05, 4.69) is 11.1 Å². The SMILES string of the molecule is Cc1[c-]ccc(C)n1.Cl.[Zn]. The molecule has 0 bridgehead atoms. The van der Waals surface area contributed by atoms with Crippen LogP contribution in [0.1, 0.15) is 11.4 Å². The van der Waals surface area contributed by atoms with E-state index in [-0.39, 0.29) is 31.9 Å². The number of aryl methyl sites for hydroxylation is 2. The molecule has 1 rings (SSSR count). The fourth-order valence-electron chi connectivity index (χ4n) is 0.617. The molecule has 0 amide bonds.